The largest absolute Gasteiger partial charge is 0.367 e. The average Bonchev–Trinajstić information content (AvgIpc) is 3.92. The number of para-hydroxylation sites is 1. The van der Waals surface area contributed by atoms with E-state index in [1.807, 2.05) is 18.5 Å². The van der Waals surface area contributed by atoms with Crippen LogP contribution >= 0.6 is 0 Å². The van der Waals surface area contributed by atoms with Crippen molar-refractivity contribution in [1.82, 2.24) is 35.4 Å². The second-order valence-electron chi connectivity index (χ2n) is 19.8. The second kappa shape index (κ2) is 13.2. The smallest absolute Gasteiger partial charge is 0.191 e. The maximum atomic E-state index is 5.08. The monoisotopic (exact) mass is 790 g/mol. The molecule has 3 N–H and O–H groups in total. The van der Waals surface area contributed by atoms with Gasteiger partial charge in [0.1, 0.15) is 11.6 Å². The Labute approximate surface area is 354 Å². The number of hydrogen-bond donors (Lipinski definition) is 3. The summed E-state index contributed by atoms with van der Waals surface area (Å²) in [5.41, 5.74) is 13.5. The first-order valence-corrected chi connectivity index (χ1v) is 23.5. The third kappa shape index (κ3) is 4.64. The lowest BCUT2D eigenvalue weighted by Gasteiger charge is -2.62. The summed E-state index contributed by atoms with van der Waals surface area (Å²) in [5, 5.41) is 12.4. The number of nitrogens with one attached hydrogen (secondary N) is 3. The molecule has 0 amide bonds. The lowest BCUT2D eigenvalue weighted by Crippen LogP contribution is -2.67. The highest BCUT2D eigenvalue weighted by Gasteiger charge is 2.67. The standard InChI is InChI=1S/C51H55BN8/c1-29-12-8-19-36-47-41(29)42-34-18-10-22-57-50(34)58(32-15-6-3-7-16-32)51(42)60(47)40-27-31(49-55-23-11-24-56-49)26-39-44(40)52(36)37-20-25-54-45-43-33-17-9-21-53-38(33)28-35(30-13-4-2-5-14-30)46(43)59(39)48(37)45/h2-8,11-16,19,23-24,31,33-35,37-40,44-45,48,50,53-54,57H,1,9-10,17-18,20-22,25-28H2. The van der Waals surface area contributed by atoms with Crippen LogP contribution in [0, 0.1) is 5.92 Å². The van der Waals surface area contributed by atoms with Crippen molar-refractivity contribution < 1.29 is 0 Å². The molecular formula is C51H55BN8. The van der Waals surface area contributed by atoms with Crippen molar-refractivity contribution in [2.45, 2.75) is 117 Å². The van der Waals surface area contributed by atoms with E-state index in [4.69, 9.17) is 16.5 Å². The van der Waals surface area contributed by atoms with Crippen molar-refractivity contribution in [3.05, 3.63) is 143 Å². The number of benzene rings is 2. The van der Waals surface area contributed by atoms with Crippen LogP contribution in [0.4, 0.5) is 11.5 Å². The van der Waals surface area contributed by atoms with E-state index in [0.29, 0.717) is 66.3 Å². The number of piperidine rings is 3. The summed E-state index contributed by atoms with van der Waals surface area (Å²) in [4.78, 5) is 16.0. The van der Waals surface area contributed by atoms with Crippen molar-refractivity contribution in [3.63, 3.8) is 0 Å². The lowest BCUT2D eigenvalue weighted by atomic mass is 9.22. The minimum atomic E-state index is 0.233. The van der Waals surface area contributed by atoms with E-state index in [1.165, 1.54) is 72.4 Å². The molecule has 60 heavy (non-hydrogen) atoms. The van der Waals surface area contributed by atoms with Crippen molar-refractivity contribution in [1.29, 1.82) is 0 Å². The van der Waals surface area contributed by atoms with Crippen molar-refractivity contribution in [2.75, 3.05) is 24.5 Å². The predicted octanol–water partition coefficient (Wildman–Crippen LogP) is 8.33. The highest BCUT2D eigenvalue weighted by molar-refractivity contribution is 6.82. The Hall–Kier alpha value is -4.70. The zero-order chi connectivity index (χ0) is 39.2. The van der Waals surface area contributed by atoms with Crippen molar-refractivity contribution >= 4 is 29.3 Å². The fourth-order valence-corrected chi connectivity index (χ4v) is 15.6. The Balaban J connectivity index is 1.03. The SMILES string of the molecule is C=C1C=CC=C2B3C4CCNC5C6=C(C(c7ccccc7)CC7NCCCC67)N(C6CC(c7ncccn7)CC(C36)n3c2c1c1c3N(c2ccccc2)C2NCCCC12)C45. The molecule has 4 aromatic rings. The number of anilines is 2. The highest BCUT2D eigenvalue weighted by atomic mass is 15.4. The zero-order valence-corrected chi connectivity index (χ0v) is 34.5. The fourth-order valence-electron chi connectivity index (χ4n) is 15.6. The van der Waals surface area contributed by atoms with Gasteiger partial charge in [0.2, 0.25) is 0 Å². The van der Waals surface area contributed by atoms with Gasteiger partial charge >= 0.3 is 0 Å². The van der Waals surface area contributed by atoms with Crippen LogP contribution in [-0.2, 0) is 0 Å². The number of allylic oxidation sites excluding steroid dienone is 5. The Morgan fingerprint density at radius 3 is 2.42 bits per heavy atom. The van der Waals surface area contributed by atoms with Gasteiger partial charge in [-0.25, -0.2) is 9.97 Å². The van der Waals surface area contributed by atoms with E-state index < -0.39 is 0 Å². The molecule has 3 aliphatic carbocycles. The summed E-state index contributed by atoms with van der Waals surface area (Å²) in [6.45, 7) is 8.66. The first-order valence-electron chi connectivity index (χ1n) is 23.5. The Bertz CT molecular complexity index is 2490. The van der Waals surface area contributed by atoms with Crippen LogP contribution < -0.4 is 20.9 Å². The van der Waals surface area contributed by atoms with Gasteiger partial charge in [-0.05, 0) is 123 Å². The number of hydrogen-bond acceptors (Lipinski definition) is 7. The molecule has 0 spiro atoms. The first kappa shape index (κ1) is 35.0. The van der Waals surface area contributed by atoms with Gasteiger partial charge in [-0.3, -0.25) is 5.32 Å². The van der Waals surface area contributed by atoms with E-state index in [9.17, 15) is 0 Å². The molecule has 9 heterocycles. The van der Waals surface area contributed by atoms with Crippen molar-refractivity contribution in [3.8, 4) is 0 Å². The molecular weight excluding hydrogens is 735 g/mol. The summed E-state index contributed by atoms with van der Waals surface area (Å²) >= 11 is 0. The van der Waals surface area contributed by atoms with Crippen LogP contribution in [0.1, 0.15) is 103 Å². The third-order valence-corrected chi connectivity index (χ3v) is 17.4. The van der Waals surface area contributed by atoms with Gasteiger partial charge in [0.05, 0.1) is 12.2 Å². The molecule has 9 heteroatoms. The summed E-state index contributed by atoms with van der Waals surface area (Å²) in [6.07, 6.45) is 21.0. The van der Waals surface area contributed by atoms with E-state index >= 15 is 0 Å². The molecule has 12 atom stereocenters. The van der Waals surface area contributed by atoms with E-state index in [2.05, 4.69) is 109 Å². The molecule has 0 bridgehead atoms. The predicted molar refractivity (Wildman–Crippen MR) is 240 cm³/mol. The van der Waals surface area contributed by atoms with Gasteiger partial charge in [0.15, 0.2) is 6.71 Å². The van der Waals surface area contributed by atoms with Gasteiger partial charge < -0.3 is 25.0 Å². The van der Waals surface area contributed by atoms with Crippen LogP contribution in [0.15, 0.2) is 115 Å². The molecule has 5 fully saturated rings. The molecule has 302 valence electrons. The number of nitrogens with zero attached hydrogens (tertiary/aromatic N) is 5. The molecule has 2 aromatic heterocycles. The number of aromatic nitrogens is 3. The van der Waals surface area contributed by atoms with Crippen LogP contribution in [0.25, 0.3) is 11.0 Å². The average molecular weight is 791 g/mol. The topological polar surface area (TPSA) is 73.3 Å². The maximum Gasteiger partial charge on any atom is 0.191 e. The van der Waals surface area contributed by atoms with Crippen LogP contribution in [0.3, 0.4) is 0 Å². The minimum absolute atomic E-state index is 0.233. The van der Waals surface area contributed by atoms with Gasteiger partial charge in [0, 0.05) is 82.5 Å². The molecule has 1 saturated carbocycles. The van der Waals surface area contributed by atoms with Crippen LogP contribution in [0.2, 0.25) is 11.6 Å². The molecule has 0 radical (unpaired) electrons. The Morgan fingerprint density at radius 1 is 0.783 bits per heavy atom. The maximum absolute atomic E-state index is 5.08. The minimum Gasteiger partial charge on any atom is -0.367 e. The number of fused-ring (bicyclic) bond motifs is 13. The molecule has 12 unspecified atom stereocenters. The van der Waals surface area contributed by atoms with Crippen molar-refractivity contribution in [2.24, 2.45) is 5.92 Å². The molecule has 8 nitrogen and oxygen atoms in total. The molecule has 7 aliphatic heterocycles. The summed E-state index contributed by atoms with van der Waals surface area (Å²) < 4.78 is 2.94. The second-order valence-corrected chi connectivity index (χ2v) is 19.8. The highest BCUT2D eigenvalue weighted by Crippen LogP contribution is 2.69. The quantitative estimate of drug-likeness (QED) is 0.180. The lowest BCUT2D eigenvalue weighted by molar-refractivity contribution is 0.0743. The van der Waals surface area contributed by atoms with E-state index in [0.717, 1.165) is 38.3 Å². The van der Waals surface area contributed by atoms with Gasteiger partial charge in [-0.2, -0.15) is 0 Å². The summed E-state index contributed by atoms with van der Waals surface area (Å²) in [6, 6.07) is 27.0. The Morgan fingerprint density at radius 2 is 1.57 bits per heavy atom. The normalized spacial score (nSPS) is 36.6. The van der Waals surface area contributed by atoms with E-state index in [-0.39, 0.29) is 12.1 Å². The van der Waals surface area contributed by atoms with Crippen LogP contribution in [0.5, 0.6) is 0 Å². The zero-order valence-electron chi connectivity index (χ0n) is 34.5. The molecule has 14 rings (SSSR count). The third-order valence-electron chi connectivity index (χ3n) is 17.4. The van der Waals surface area contributed by atoms with Crippen LogP contribution in [-0.4, -0.2) is 76.1 Å². The fraction of sp³-hybridized carbons (Fsp3) is 0.451. The molecule has 2 aromatic carbocycles. The molecule has 4 saturated heterocycles. The van der Waals surface area contributed by atoms with Gasteiger partial charge in [0.25, 0.3) is 0 Å². The molecule has 10 aliphatic rings. The number of rotatable bonds is 3. The first-order chi connectivity index (χ1) is 29.7. The van der Waals surface area contributed by atoms with E-state index in [1.54, 1.807) is 22.3 Å². The summed E-state index contributed by atoms with van der Waals surface area (Å²) in [7, 11) is 0. The summed E-state index contributed by atoms with van der Waals surface area (Å²) in [5.74, 6) is 5.13. The van der Waals surface area contributed by atoms with Gasteiger partial charge in [-0.1, -0.05) is 78.8 Å². The Kier molecular flexibility index (Phi) is 7.66. The van der Waals surface area contributed by atoms with Gasteiger partial charge in [-0.15, -0.1) is 0 Å².